The molecule has 1 fully saturated rings. The van der Waals surface area contributed by atoms with Crippen LogP contribution in [-0.4, -0.2) is 38.1 Å². The van der Waals surface area contributed by atoms with Crippen LogP contribution in [0.4, 0.5) is 0 Å². The molecule has 0 unspecified atom stereocenters. The number of nitrogens with one attached hydrogen (secondary N) is 2. The molecule has 7 heteroatoms. The minimum Gasteiger partial charge on any atom is -0.490 e. The first-order valence-electron chi connectivity index (χ1n) is 10.7. The van der Waals surface area contributed by atoms with Crippen molar-refractivity contribution in [1.29, 1.82) is 0 Å². The van der Waals surface area contributed by atoms with Gasteiger partial charge >= 0.3 is 0 Å². The second-order valence-corrected chi connectivity index (χ2v) is 8.55. The summed E-state index contributed by atoms with van der Waals surface area (Å²) in [5, 5.41) is 5.68. The maximum absolute atomic E-state index is 12.5. The molecular weight excluding hydrogens is 460 g/mol. The fourth-order valence-corrected chi connectivity index (χ4v) is 4.17. The first-order chi connectivity index (χ1) is 15.0. The van der Waals surface area contributed by atoms with E-state index in [4.69, 9.17) is 9.47 Å². The lowest BCUT2D eigenvalue weighted by Gasteiger charge is -2.42. The molecule has 1 aliphatic rings. The Labute approximate surface area is 191 Å². The number of halogens is 1. The molecule has 2 aromatic rings. The molecule has 3 rings (SSSR count). The van der Waals surface area contributed by atoms with E-state index < -0.39 is 0 Å². The van der Waals surface area contributed by atoms with Gasteiger partial charge in [-0.05, 0) is 62.6 Å². The van der Waals surface area contributed by atoms with Crippen molar-refractivity contribution in [2.45, 2.75) is 38.5 Å². The first kappa shape index (κ1) is 23.1. The fraction of sp³-hybridized carbons (Fsp3) is 0.417. The minimum atomic E-state index is -0.329. The minimum absolute atomic E-state index is 0.0229. The van der Waals surface area contributed by atoms with Gasteiger partial charge in [0.25, 0.3) is 5.91 Å². The quantitative estimate of drug-likeness (QED) is 0.524. The zero-order valence-corrected chi connectivity index (χ0v) is 19.6. The van der Waals surface area contributed by atoms with Crippen molar-refractivity contribution in [2.24, 2.45) is 0 Å². The van der Waals surface area contributed by atoms with Crippen LogP contribution in [0.25, 0.3) is 0 Å². The summed E-state index contributed by atoms with van der Waals surface area (Å²) in [6.45, 7) is 5.22. The van der Waals surface area contributed by atoms with Gasteiger partial charge in [-0.3, -0.25) is 9.59 Å². The van der Waals surface area contributed by atoms with E-state index in [0.717, 1.165) is 23.7 Å². The van der Waals surface area contributed by atoms with Crippen molar-refractivity contribution in [1.82, 2.24) is 10.6 Å². The Morgan fingerprint density at radius 2 is 1.74 bits per heavy atom. The maximum Gasteiger partial charge on any atom is 0.251 e. The van der Waals surface area contributed by atoms with Crippen LogP contribution in [0.15, 0.2) is 46.9 Å². The van der Waals surface area contributed by atoms with Gasteiger partial charge in [0.15, 0.2) is 11.5 Å². The molecule has 2 aromatic carbocycles. The van der Waals surface area contributed by atoms with Gasteiger partial charge in [0.2, 0.25) is 5.91 Å². The summed E-state index contributed by atoms with van der Waals surface area (Å²) >= 11 is 3.53. The Morgan fingerprint density at radius 1 is 1.00 bits per heavy atom. The van der Waals surface area contributed by atoms with Crippen LogP contribution in [0.3, 0.4) is 0 Å². The van der Waals surface area contributed by atoms with Crippen LogP contribution >= 0.6 is 15.9 Å². The summed E-state index contributed by atoms with van der Waals surface area (Å²) in [4.78, 5) is 24.9. The smallest absolute Gasteiger partial charge is 0.251 e. The summed E-state index contributed by atoms with van der Waals surface area (Å²) in [6.07, 6.45) is 3.24. The molecule has 0 radical (unpaired) electrons. The Hall–Kier alpha value is -2.54. The van der Waals surface area contributed by atoms with Gasteiger partial charge < -0.3 is 20.1 Å². The average molecular weight is 489 g/mol. The van der Waals surface area contributed by atoms with Crippen molar-refractivity contribution >= 4 is 27.7 Å². The molecule has 2 amide bonds. The molecular formula is C24H29BrN2O4. The largest absolute Gasteiger partial charge is 0.490 e. The highest BCUT2D eigenvalue weighted by Crippen LogP contribution is 2.43. The van der Waals surface area contributed by atoms with E-state index in [0.29, 0.717) is 36.8 Å². The lowest BCUT2D eigenvalue weighted by molar-refractivity contribution is -0.120. The van der Waals surface area contributed by atoms with E-state index >= 15 is 0 Å². The van der Waals surface area contributed by atoms with E-state index in [1.807, 2.05) is 26.0 Å². The van der Waals surface area contributed by atoms with Gasteiger partial charge in [-0.2, -0.15) is 0 Å². The van der Waals surface area contributed by atoms with Gasteiger partial charge in [0, 0.05) is 22.0 Å². The third kappa shape index (κ3) is 5.79. The van der Waals surface area contributed by atoms with Gasteiger partial charge in [-0.15, -0.1) is 0 Å². The lowest BCUT2D eigenvalue weighted by Crippen LogP contribution is -2.47. The highest BCUT2D eigenvalue weighted by Gasteiger charge is 2.38. The van der Waals surface area contributed by atoms with Crippen LogP contribution in [0.1, 0.15) is 49.0 Å². The third-order valence-electron chi connectivity index (χ3n) is 5.59. The zero-order valence-electron chi connectivity index (χ0n) is 18.0. The zero-order chi connectivity index (χ0) is 22.3. The van der Waals surface area contributed by atoms with Crippen molar-refractivity contribution < 1.29 is 19.1 Å². The Bertz CT molecular complexity index is 928. The molecule has 31 heavy (non-hydrogen) atoms. The Kier molecular flexibility index (Phi) is 7.96. The second kappa shape index (κ2) is 10.7. The Morgan fingerprint density at radius 3 is 2.39 bits per heavy atom. The summed E-state index contributed by atoms with van der Waals surface area (Å²) in [6, 6.07) is 13.3. The first-order valence-corrected chi connectivity index (χ1v) is 11.5. The second-order valence-electron chi connectivity index (χ2n) is 7.63. The molecule has 166 valence electrons. The summed E-state index contributed by atoms with van der Waals surface area (Å²) in [5.74, 6) is 0.578. The highest BCUT2D eigenvalue weighted by atomic mass is 79.9. The van der Waals surface area contributed by atoms with Crippen LogP contribution < -0.4 is 20.1 Å². The SMILES string of the molecule is CCOc1ccc(C(=O)NCC(=O)NCC2(c3cccc(Br)c3)CCC2)cc1OCC. The maximum atomic E-state index is 12.5. The molecule has 1 aliphatic carbocycles. The van der Waals surface area contributed by atoms with E-state index in [1.54, 1.807) is 18.2 Å². The normalized spacial score (nSPS) is 14.3. The molecule has 0 heterocycles. The van der Waals surface area contributed by atoms with Crippen molar-refractivity contribution in [3.63, 3.8) is 0 Å². The monoisotopic (exact) mass is 488 g/mol. The molecule has 0 atom stereocenters. The van der Waals surface area contributed by atoms with E-state index in [-0.39, 0.29) is 23.8 Å². The highest BCUT2D eigenvalue weighted by molar-refractivity contribution is 9.10. The molecule has 0 bridgehead atoms. The summed E-state index contributed by atoms with van der Waals surface area (Å²) < 4.78 is 12.1. The Balaban J connectivity index is 1.54. The fourth-order valence-electron chi connectivity index (χ4n) is 3.77. The van der Waals surface area contributed by atoms with Crippen LogP contribution in [0.2, 0.25) is 0 Å². The predicted octanol–water partition coefficient (Wildman–Crippen LogP) is 4.21. The third-order valence-corrected chi connectivity index (χ3v) is 6.08. The number of hydrogen-bond donors (Lipinski definition) is 2. The van der Waals surface area contributed by atoms with E-state index in [1.165, 1.54) is 5.56 Å². The number of hydrogen-bond acceptors (Lipinski definition) is 4. The molecule has 1 saturated carbocycles. The molecule has 0 aromatic heterocycles. The molecule has 6 nitrogen and oxygen atoms in total. The molecule has 0 saturated heterocycles. The van der Waals surface area contributed by atoms with Crippen molar-refractivity contribution in [3.05, 3.63) is 58.1 Å². The predicted molar refractivity (Wildman–Crippen MR) is 124 cm³/mol. The number of carbonyl (C=O) groups excluding carboxylic acids is 2. The molecule has 0 spiro atoms. The van der Waals surface area contributed by atoms with Gasteiger partial charge in [-0.1, -0.05) is 34.5 Å². The number of amides is 2. The van der Waals surface area contributed by atoms with Crippen LogP contribution in [0.5, 0.6) is 11.5 Å². The number of benzene rings is 2. The van der Waals surface area contributed by atoms with E-state index in [9.17, 15) is 9.59 Å². The molecule has 2 N–H and O–H groups in total. The average Bonchev–Trinajstić information content (AvgIpc) is 2.73. The van der Waals surface area contributed by atoms with Crippen LogP contribution in [-0.2, 0) is 10.2 Å². The summed E-state index contributed by atoms with van der Waals surface area (Å²) in [5.41, 5.74) is 1.63. The van der Waals surface area contributed by atoms with Gasteiger partial charge in [-0.25, -0.2) is 0 Å². The molecule has 0 aliphatic heterocycles. The standard InChI is InChI=1S/C24H29BrN2O4/c1-3-30-20-10-9-17(13-21(20)31-4-2)23(29)26-15-22(28)27-16-24(11-6-12-24)18-7-5-8-19(25)14-18/h5,7-10,13-14H,3-4,6,11-12,15-16H2,1-2H3,(H,26,29)(H,27,28). The van der Waals surface area contributed by atoms with Gasteiger partial charge in [0.1, 0.15) is 0 Å². The van der Waals surface area contributed by atoms with E-state index in [2.05, 4.69) is 38.7 Å². The van der Waals surface area contributed by atoms with Crippen LogP contribution in [0, 0.1) is 0 Å². The lowest BCUT2D eigenvalue weighted by atomic mass is 9.64. The van der Waals surface area contributed by atoms with Gasteiger partial charge in [0.05, 0.1) is 19.8 Å². The number of rotatable bonds is 10. The number of ether oxygens (including phenoxy) is 2. The summed E-state index contributed by atoms with van der Waals surface area (Å²) in [7, 11) is 0. The van der Waals surface area contributed by atoms with Crippen molar-refractivity contribution in [3.8, 4) is 11.5 Å². The topological polar surface area (TPSA) is 76.7 Å². The number of carbonyl (C=O) groups is 2. The van der Waals surface area contributed by atoms with Crippen molar-refractivity contribution in [2.75, 3.05) is 26.3 Å².